The lowest BCUT2D eigenvalue weighted by atomic mass is 9.84. The summed E-state index contributed by atoms with van der Waals surface area (Å²) >= 11 is 0. The van der Waals surface area contributed by atoms with E-state index in [1.807, 2.05) is 0 Å². The van der Waals surface area contributed by atoms with E-state index in [1.165, 1.54) is 0 Å². The molecule has 12 N–H and O–H groups in total. The van der Waals surface area contributed by atoms with Gasteiger partial charge in [-0.25, -0.2) is 0 Å². The Morgan fingerprint density at radius 2 is 1.71 bits per heavy atom. The van der Waals surface area contributed by atoms with Gasteiger partial charge >= 0.3 is 0 Å². The first-order chi connectivity index (χ1) is 14.6. The summed E-state index contributed by atoms with van der Waals surface area (Å²) < 4.78 is 23.1. The van der Waals surface area contributed by atoms with Crippen molar-refractivity contribution >= 4 is 0 Å². The van der Waals surface area contributed by atoms with Crippen molar-refractivity contribution in [3.05, 3.63) is 11.8 Å². The smallest absolute Gasteiger partial charge is 0.215 e. The maximum Gasteiger partial charge on any atom is 0.215 e. The number of ether oxygens (including phenoxy) is 4. The van der Waals surface area contributed by atoms with Gasteiger partial charge in [0.15, 0.2) is 6.29 Å². The van der Waals surface area contributed by atoms with Crippen molar-refractivity contribution in [2.45, 2.75) is 86.5 Å². The zero-order chi connectivity index (χ0) is 22.9. The van der Waals surface area contributed by atoms with Gasteiger partial charge in [-0.05, 0) is 32.9 Å². The van der Waals surface area contributed by atoms with E-state index < -0.39 is 66.8 Å². The number of hydrogen-bond donors (Lipinski definition) is 8. The minimum atomic E-state index is -1.29. The molecular formula is C19H37N5O7. The van der Waals surface area contributed by atoms with Crippen molar-refractivity contribution in [3.8, 4) is 0 Å². The lowest BCUT2D eigenvalue weighted by molar-refractivity contribution is -0.303. The molecule has 0 amide bonds. The van der Waals surface area contributed by atoms with Crippen molar-refractivity contribution in [1.29, 1.82) is 0 Å². The molecule has 1 aliphatic carbocycles. The Labute approximate surface area is 181 Å². The van der Waals surface area contributed by atoms with Gasteiger partial charge in [-0.3, -0.25) is 0 Å². The lowest BCUT2D eigenvalue weighted by Gasteiger charge is -2.48. The molecule has 31 heavy (non-hydrogen) atoms. The highest BCUT2D eigenvalue weighted by Gasteiger charge is 2.50. The van der Waals surface area contributed by atoms with Crippen molar-refractivity contribution in [3.63, 3.8) is 0 Å². The fourth-order valence-corrected chi connectivity index (χ4v) is 4.44. The lowest BCUT2D eigenvalue weighted by Crippen LogP contribution is -2.68. The second-order valence-electron chi connectivity index (χ2n) is 8.81. The summed E-state index contributed by atoms with van der Waals surface area (Å²) in [6, 6.07) is -2.37. The third kappa shape index (κ3) is 5.20. The van der Waals surface area contributed by atoms with Crippen LogP contribution in [0.1, 0.15) is 19.8 Å². The van der Waals surface area contributed by atoms with Gasteiger partial charge in [0, 0.05) is 12.1 Å². The molecule has 0 aromatic heterocycles. The van der Waals surface area contributed by atoms with Gasteiger partial charge in [0.1, 0.15) is 35.8 Å². The second-order valence-corrected chi connectivity index (χ2v) is 8.81. The van der Waals surface area contributed by atoms with Crippen LogP contribution in [0.2, 0.25) is 0 Å². The molecule has 0 bridgehead atoms. The van der Waals surface area contributed by atoms with Crippen LogP contribution in [0.15, 0.2) is 11.8 Å². The largest absolute Gasteiger partial charge is 0.467 e. The van der Waals surface area contributed by atoms with E-state index >= 15 is 0 Å². The third-order valence-corrected chi connectivity index (χ3v) is 6.22. The van der Waals surface area contributed by atoms with E-state index in [2.05, 4.69) is 5.32 Å². The number of rotatable bonds is 6. The average Bonchev–Trinajstić information content (AvgIpc) is 2.71. The molecule has 12 heteroatoms. The molecule has 0 radical (unpaired) electrons. The Kier molecular flexibility index (Phi) is 7.92. The maximum absolute atomic E-state index is 11.0. The Bertz CT molecular complexity index is 639. The third-order valence-electron chi connectivity index (χ3n) is 6.22. The molecule has 3 aliphatic rings. The summed E-state index contributed by atoms with van der Waals surface area (Å²) in [7, 11) is 1.62. The van der Waals surface area contributed by atoms with Crippen molar-refractivity contribution < 1.29 is 34.3 Å². The number of likely N-dealkylation sites (N-methyl/N-ethyl adjacent to an activating group) is 1. The van der Waals surface area contributed by atoms with Crippen LogP contribution < -0.4 is 28.3 Å². The van der Waals surface area contributed by atoms with Crippen LogP contribution in [0.4, 0.5) is 0 Å². The SMILES string of the molecule is CN[C@@H]1[C@H](O)[C@H](O[C@H]2[C@H](O)[C@@H](O[C@@H]3OC(CN)=CC[C@@H]3N)[C@@H](N)C[C@H]2N)OC[C@@]1(C)O. The fraction of sp³-hybridized carbons (Fsp3) is 0.895. The standard InChI is InChI=1S/C19H37N5O7/c1-19(27)7-28-18(13(26)16(19)24-2)31-15-11(23)5-10(22)14(12(15)25)30-17-9(21)4-3-8(6-20)29-17/h3,9-18,24-27H,4-7,20-23H2,1-2H3/t9-,10-,11+,12+,13-,14-,15+,16+,17-,18-,19+/m0/s1. The van der Waals surface area contributed by atoms with Gasteiger partial charge in [-0.15, -0.1) is 0 Å². The number of nitrogens with two attached hydrogens (primary N) is 4. The van der Waals surface area contributed by atoms with Gasteiger partial charge in [-0.1, -0.05) is 0 Å². The Hall–Kier alpha value is -0.900. The molecule has 3 rings (SSSR count). The molecule has 2 fully saturated rings. The topological polar surface area (TPSA) is 214 Å². The second kappa shape index (κ2) is 9.93. The predicted octanol–water partition coefficient (Wildman–Crippen LogP) is -3.85. The molecule has 1 saturated heterocycles. The summed E-state index contributed by atoms with van der Waals surface area (Å²) in [6.07, 6.45) is -3.56. The van der Waals surface area contributed by atoms with Crippen LogP contribution in [0, 0.1) is 0 Å². The predicted molar refractivity (Wildman–Crippen MR) is 110 cm³/mol. The first-order valence-electron chi connectivity index (χ1n) is 10.6. The van der Waals surface area contributed by atoms with Gasteiger partial charge in [0.25, 0.3) is 0 Å². The van der Waals surface area contributed by atoms with Crippen LogP contribution in [0.3, 0.4) is 0 Å². The average molecular weight is 448 g/mol. The Morgan fingerprint density at radius 1 is 1.10 bits per heavy atom. The molecule has 0 unspecified atom stereocenters. The highest BCUT2D eigenvalue weighted by molar-refractivity contribution is 5.04. The number of aliphatic hydroxyl groups excluding tert-OH is 2. The molecular weight excluding hydrogens is 410 g/mol. The van der Waals surface area contributed by atoms with Gasteiger partial charge < -0.3 is 62.5 Å². The van der Waals surface area contributed by atoms with Gasteiger partial charge in [0.05, 0.1) is 25.2 Å². The first kappa shape index (κ1) is 24.7. The molecule has 2 heterocycles. The molecule has 11 atom stereocenters. The molecule has 0 aromatic rings. The summed E-state index contributed by atoms with van der Waals surface area (Å²) in [6.45, 7) is 1.68. The molecule has 2 aliphatic heterocycles. The van der Waals surface area contributed by atoms with Crippen molar-refractivity contribution in [2.24, 2.45) is 22.9 Å². The van der Waals surface area contributed by atoms with Gasteiger partial charge in [-0.2, -0.15) is 0 Å². The Balaban J connectivity index is 1.69. The zero-order valence-corrected chi connectivity index (χ0v) is 18.0. The normalized spacial score (nSPS) is 48.7. The fourth-order valence-electron chi connectivity index (χ4n) is 4.44. The number of aliphatic hydroxyl groups is 3. The van der Waals surface area contributed by atoms with E-state index in [4.69, 9.17) is 41.9 Å². The zero-order valence-electron chi connectivity index (χ0n) is 18.0. The quantitative estimate of drug-likeness (QED) is 0.196. The first-order valence-corrected chi connectivity index (χ1v) is 10.6. The van der Waals surface area contributed by atoms with Crippen LogP contribution in [-0.4, -0.2) is 102 Å². The highest BCUT2D eigenvalue weighted by Crippen LogP contribution is 2.31. The van der Waals surface area contributed by atoms with E-state index in [-0.39, 0.29) is 13.2 Å². The minimum absolute atomic E-state index is 0.0727. The Morgan fingerprint density at radius 3 is 2.29 bits per heavy atom. The molecule has 12 nitrogen and oxygen atoms in total. The number of hydrogen-bond acceptors (Lipinski definition) is 12. The summed E-state index contributed by atoms with van der Waals surface area (Å²) in [5.41, 5.74) is 22.9. The van der Waals surface area contributed by atoms with Crippen LogP contribution in [-0.2, 0) is 18.9 Å². The monoisotopic (exact) mass is 447 g/mol. The summed E-state index contributed by atoms with van der Waals surface area (Å²) in [5.74, 6) is 0.555. The van der Waals surface area contributed by atoms with Crippen LogP contribution in [0.25, 0.3) is 0 Å². The van der Waals surface area contributed by atoms with E-state index in [1.54, 1.807) is 20.0 Å². The summed E-state index contributed by atoms with van der Waals surface area (Å²) in [5, 5.41) is 34.9. The van der Waals surface area contributed by atoms with Crippen LogP contribution in [0.5, 0.6) is 0 Å². The summed E-state index contributed by atoms with van der Waals surface area (Å²) in [4.78, 5) is 0. The van der Waals surface area contributed by atoms with Crippen molar-refractivity contribution in [1.82, 2.24) is 5.32 Å². The van der Waals surface area contributed by atoms with E-state index in [9.17, 15) is 15.3 Å². The molecule has 0 aromatic carbocycles. The molecule has 180 valence electrons. The molecule has 1 saturated carbocycles. The number of nitrogens with one attached hydrogen (secondary N) is 1. The van der Waals surface area contributed by atoms with Crippen molar-refractivity contribution in [2.75, 3.05) is 20.2 Å². The van der Waals surface area contributed by atoms with E-state index in [0.29, 0.717) is 18.6 Å². The minimum Gasteiger partial charge on any atom is -0.467 e. The highest BCUT2D eigenvalue weighted by atomic mass is 16.7. The van der Waals surface area contributed by atoms with Crippen LogP contribution >= 0.6 is 0 Å². The maximum atomic E-state index is 11.0. The van der Waals surface area contributed by atoms with E-state index in [0.717, 1.165) is 0 Å². The molecule has 0 spiro atoms. The van der Waals surface area contributed by atoms with Gasteiger partial charge in [0.2, 0.25) is 6.29 Å².